The minimum absolute atomic E-state index is 0.425. The van der Waals surface area contributed by atoms with Crippen molar-refractivity contribution in [3.8, 4) is 0 Å². The molecular formula is C17H16Se. The molecule has 0 spiro atoms. The van der Waals surface area contributed by atoms with Gasteiger partial charge >= 0.3 is 115 Å². The fraction of sp³-hybridized carbons (Fsp3) is 0.0588. The maximum atomic E-state index is 2.25. The van der Waals surface area contributed by atoms with Gasteiger partial charge in [-0.2, -0.15) is 0 Å². The van der Waals surface area contributed by atoms with Crippen LogP contribution in [-0.4, -0.2) is 15.0 Å². The van der Waals surface area contributed by atoms with E-state index in [0.29, 0.717) is 15.0 Å². The molecule has 18 heavy (non-hydrogen) atoms. The Kier molecular flexibility index (Phi) is 5.01. The number of aryl methyl sites for hydroxylation is 1. The predicted molar refractivity (Wildman–Crippen MR) is 81.2 cm³/mol. The Bertz CT molecular complexity index is 521. The van der Waals surface area contributed by atoms with Crippen molar-refractivity contribution >= 4 is 25.5 Å². The molecule has 1 heteroatoms. The Labute approximate surface area is 115 Å². The second-order valence-corrected chi connectivity index (χ2v) is 6.08. The third kappa shape index (κ3) is 4.37. The normalized spacial score (nSPS) is 11.4. The van der Waals surface area contributed by atoms with Crippen molar-refractivity contribution in [2.75, 3.05) is 0 Å². The molecule has 0 aliphatic heterocycles. The van der Waals surface area contributed by atoms with Crippen molar-refractivity contribution in [2.24, 2.45) is 0 Å². The van der Waals surface area contributed by atoms with Gasteiger partial charge in [-0.3, -0.25) is 0 Å². The van der Waals surface area contributed by atoms with Crippen LogP contribution < -0.4 is 4.46 Å². The molecule has 2 aromatic rings. The average Bonchev–Trinajstić information content (AvgIpc) is 2.42. The van der Waals surface area contributed by atoms with E-state index in [9.17, 15) is 0 Å². The molecular weight excluding hydrogens is 283 g/mol. The van der Waals surface area contributed by atoms with Gasteiger partial charge in [0.1, 0.15) is 0 Å². The van der Waals surface area contributed by atoms with Crippen LogP contribution in [0.2, 0.25) is 0 Å². The quantitative estimate of drug-likeness (QED) is 0.598. The second kappa shape index (κ2) is 7.00. The zero-order chi connectivity index (χ0) is 12.6. The van der Waals surface area contributed by atoms with E-state index in [1.54, 1.807) is 0 Å². The van der Waals surface area contributed by atoms with E-state index in [1.165, 1.54) is 15.6 Å². The molecule has 0 saturated carbocycles. The molecule has 0 atom stereocenters. The molecule has 0 N–H and O–H groups in total. The van der Waals surface area contributed by atoms with Crippen LogP contribution in [0.3, 0.4) is 0 Å². The molecule has 0 aliphatic rings. The number of hydrogen-bond acceptors (Lipinski definition) is 0. The summed E-state index contributed by atoms with van der Waals surface area (Å²) in [5.41, 5.74) is 2.56. The predicted octanol–water partition coefficient (Wildman–Crippen LogP) is 3.55. The molecule has 0 saturated heterocycles. The zero-order valence-electron chi connectivity index (χ0n) is 10.4. The van der Waals surface area contributed by atoms with Gasteiger partial charge in [0.05, 0.1) is 0 Å². The van der Waals surface area contributed by atoms with E-state index >= 15 is 0 Å². The van der Waals surface area contributed by atoms with Crippen LogP contribution in [0.1, 0.15) is 11.1 Å². The summed E-state index contributed by atoms with van der Waals surface area (Å²) < 4.78 is 1.41. The first-order valence-corrected chi connectivity index (χ1v) is 7.81. The van der Waals surface area contributed by atoms with Crippen molar-refractivity contribution in [1.82, 2.24) is 0 Å². The minimum atomic E-state index is 0.425. The summed E-state index contributed by atoms with van der Waals surface area (Å²) in [6, 6.07) is 19.1. The molecule has 0 bridgehead atoms. The van der Waals surface area contributed by atoms with Crippen molar-refractivity contribution in [2.45, 2.75) is 6.92 Å². The van der Waals surface area contributed by atoms with Gasteiger partial charge < -0.3 is 0 Å². The van der Waals surface area contributed by atoms with Gasteiger partial charge in [-0.25, -0.2) is 0 Å². The van der Waals surface area contributed by atoms with Gasteiger partial charge in [-0.05, 0) is 0 Å². The third-order valence-corrected chi connectivity index (χ3v) is 4.26. The van der Waals surface area contributed by atoms with Crippen molar-refractivity contribution in [1.29, 1.82) is 0 Å². The van der Waals surface area contributed by atoms with Crippen molar-refractivity contribution in [3.05, 3.63) is 82.9 Å². The zero-order valence-corrected chi connectivity index (χ0v) is 12.1. The molecule has 0 unspecified atom stereocenters. The first-order chi connectivity index (χ1) is 8.84. The molecule has 0 aromatic heterocycles. The second-order valence-electron chi connectivity index (χ2n) is 4.03. The van der Waals surface area contributed by atoms with E-state index < -0.39 is 0 Å². The van der Waals surface area contributed by atoms with Gasteiger partial charge in [0.15, 0.2) is 0 Å². The molecule has 0 nitrogen and oxygen atoms in total. The van der Waals surface area contributed by atoms with Gasteiger partial charge in [0.2, 0.25) is 0 Å². The Hall–Kier alpha value is -1.56. The Morgan fingerprint density at radius 3 is 2.28 bits per heavy atom. The summed E-state index contributed by atoms with van der Waals surface area (Å²) in [6.45, 7) is 2.12. The van der Waals surface area contributed by atoms with Gasteiger partial charge in [0, 0.05) is 0 Å². The molecule has 0 aliphatic carbocycles. The monoisotopic (exact) mass is 300 g/mol. The van der Waals surface area contributed by atoms with Crippen LogP contribution in [-0.2, 0) is 0 Å². The van der Waals surface area contributed by atoms with Crippen LogP contribution in [0.25, 0.3) is 6.08 Å². The first-order valence-electron chi connectivity index (χ1n) is 5.96. The molecule has 0 amide bonds. The number of hydrogen-bond donors (Lipinski definition) is 0. The van der Waals surface area contributed by atoms with Crippen LogP contribution in [0, 0.1) is 6.92 Å². The van der Waals surface area contributed by atoms with E-state index in [1.807, 2.05) is 6.07 Å². The van der Waals surface area contributed by atoms with E-state index in [4.69, 9.17) is 0 Å². The van der Waals surface area contributed by atoms with Gasteiger partial charge in [-0.1, -0.05) is 0 Å². The number of rotatable bonds is 4. The third-order valence-electron chi connectivity index (χ3n) is 2.50. The fourth-order valence-corrected chi connectivity index (χ4v) is 2.81. The maximum absolute atomic E-state index is 2.25. The summed E-state index contributed by atoms with van der Waals surface area (Å²) in [7, 11) is 0. The summed E-state index contributed by atoms with van der Waals surface area (Å²) in [5.74, 6) is 0. The standard InChI is InChI=1S/C17H16Se/c1-15-10-12-17(13-11-15)18-14-6-5-9-16-7-3-2-4-8-16/h2-14H,1H3/b9-5+,14-6+. The Morgan fingerprint density at radius 2 is 1.56 bits per heavy atom. The summed E-state index contributed by atoms with van der Waals surface area (Å²) in [6.07, 6.45) is 6.36. The van der Waals surface area contributed by atoms with Crippen molar-refractivity contribution in [3.63, 3.8) is 0 Å². The summed E-state index contributed by atoms with van der Waals surface area (Å²) in [5, 5.41) is 0. The molecule has 2 rings (SSSR count). The molecule has 2 aromatic carbocycles. The Balaban J connectivity index is 1.85. The molecule has 0 radical (unpaired) electrons. The SMILES string of the molecule is Cc1ccc([Se]/C=C/C=C/c2ccccc2)cc1. The van der Waals surface area contributed by atoms with Crippen LogP contribution in [0.5, 0.6) is 0 Å². The fourth-order valence-electron chi connectivity index (χ4n) is 1.51. The number of benzene rings is 2. The topological polar surface area (TPSA) is 0 Å². The van der Waals surface area contributed by atoms with Crippen LogP contribution in [0.4, 0.5) is 0 Å². The molecule has 0 fully saturated rings. The summed E-state index contributed by atoms with van der Waals surface area (Å²) in [4.78, 5) is 2.25. The van der Waals surface area contributed by atoms with Crippen LogP contribution in [0.15, 0.2) is 71.7 Å². The first kappa shape index (κ1) is 12.9. The van der Waals surface area contributed by atoms with Gasteiger partial charge in [-0.15, -0.1) is 0 Å². The van der Waals surface area contributed by atoms with E-state index in [0.717, 1.165) is 0 Å². The van der Waals surface area contributed by atoms with Crippen LogP contribution >= 0.6 is 0 Å². The number of allylic oxidation sites excluding steroid dienone is 2. The van der Waals surface area contributed by atoms with E-state index in [-0.39, 0.29) is 0 Å². The molecule has 90 valence electrons. The summed E-state index contributed by atoms with van der Waals surface area (Å²) >= 11 is 0.425. The molecule has 0 heterocycles. The van der Waals surface area contributed by atoms with Gasteiger partial charge in [0.25, 0.3) is 0 Å². The average molecular weight is 299 g/mol. The van der Waals surface area contributed by atoms with E-state index in [2.05, 4.69) is 78.7 Å². The van der Waals surface area contributed by atoms with Crippen molar-refractivity contribution < 1.29 is 0 Å². The Morgan fingerprint density at radius 1 is 0.833 bits per heavy atom.